The van der Waals surface area contributed by atoms with Gasteiger partial charge >= 0.3 is 13.4 Å². The third-order valence-corrected chi connectivity index (χ3v) is 15.5. The zero-order valence-corrected chi connectivity index (χ0v) is 51.4. The molecule has 6 aromatic rings. The molecule has 4 aromatic carbocycles. The van der Waals surface area contributed by atoms with Crippen LogP contribution in [0, 0.1) is 0 Å². The summed E-state index contributed by atoms with van der Waals surface area (Å²) in [6.07, 6.45) is 0.303. The van der Waals surface area contributed by atoms with Crippen molar-refractivity contribution in [2.75, 3.05) is 159 Å². The Bertz CT molecular complexity index is 3110. The quantitative estimate of drug-likeness (QED) is 0.0102. The maximum Gasteiger partial charge on any atom is 0.324 e. The summed E-state index contributed by atoms with van der Waals surface area (Å²) in [6, 6.07) is 20.7. The van der Waals surface area contributed by atoms with Crippen molar-refractivity contribution in [3.05, 3.63) is 117 Å². The molecule has 26 nitrogen and oxygen atoms in total. The van der Waals surface area contributed by atoms with E-state index in [0.29, 0.717) is 115 Å². The molecule has 0 bridgehead atoms. The lowest BCUT2D eigenvalue weighted by atomic mass is 10.0. The Labute approximate surface area is 516 Å². The first-order chi connectivity index (χ1) is 42.5. The van der Waals surface area contributed by atoms with Crippen LogP contribution in [0.4, 0.5) is 0 Å². The number of hydrogen-bond donors (Lipinski definition) is 6. The maximum absolute atomic E-state index is 12.6. The van der Waals surface area contributed by atoms with Gasteiger partial charge in [-0.3, -0.25) is 19.2 Å². The molecule has 30 heteroatoms. The Kier molecular flexibility index (Phi) is 31.6. The number of hydrogen-bond acceptors (Lipinski definition) is 26. The van der Waals surface area contributed by atoms with Crippen LogP contribution in [-0.2, 0) is 89.1 Å². The van der Waals surface area contributed by atoms with Gasteiger partial charge in [-0.1, -0.05) is 48.5 Å². The summed E-state index contributed by atoms with van der Waals surface area (Å²) in [5, 5.41) is 40.1. The first-order valence-electron chi connectivity index (χ1n) is 27.8. The number of carbonyl (C=O) groups excluding carboxylic acids is 2. The van der Waals surface area contributed by atoms with E-state index < -0.39 is 36.4 Å². The molecular weight excluding hydrogens is 1240 g/mol. The first kappa shape index (κ1) is 71.6. The summed E-state index contributed by atoms with van der Waals surface area (Å²) < 4.78 is 87.0. The van der Waals surface area contributed by atoms with E-state index in [2.05, 4.69) is 0 Å². The number of ether oxygens (including phenoxy) is 10. The van der Waals surface area contributed by atoms with Crippen LogP contribution < -0.4 is 10.9 Å². The molecule has 482 valence electrons. The van der Waals surface area contributed by atoms with Crippen molar-refractivity contribution >= 4 is 70.6 Å². The second-order valence-electron chi connectivity index (χ2n) is 18.5. The molecule has 0 spiro atoms. The molecule has 0 aliphatic rings. The molecule has 88 heavy (non-hydrogen) atoms. The molecule has 2 heterocycles. The van der Waals surface area contributed by atoms with Gasteiger partial charge in [-0.15, -0.1) is 0 Å². The smallest absolute Gasteiger partial charge is 0.324 e. The summed E-state index contributed by atoms with van der Waals surface area (Å²) in [5.74, 6) is -1.79. The molecule has 0 amide bonds. The highest BCUT2D eigenvalue weighted by atomic mass is 32.5. The fraction of sp³-hybridized carbons (Fsp3) is 0.448. The molecule has 6 rings (SSSR count). The topological polar surface area (TPSA) is 345 Å². The number of ketones is 2. The van der Waals surface area contributed by atoms with Gasteiger partial charge in [-0.2, -0.15) is 0 Å². The predicted molar refractivity (Wildman–Crippen MR) is 325 cm³/mol. The van der Waals surface area contributed by atoms with Crippen LogP contribution in [0.3, 0.4) is 0 Å². The van der Waals surface area contributed by atoms with E-state index in [1.807, 2.05) is 0 Å². The Hall–Kier alpha value is -5.50. The van der Waals surface area contributed by atoms with Crippen molar-refractivity contribution < 1.29 is 114 Å². The lowest BCUT2D eigenvalue weighted by Gasteiger charge is -2.18. The number of phenolic OH excluding ortho intramolecular Hbond substituents is 4. The summed E-state index contributed by atoms with van der Waals surface area (Å²) in [6.45, 7) is -2.02. The molecule has 0 aliphatic heterocycles. The van der Waals surface area contributed by atoms with Gasteiger partial charge < -0.3 is 105 Å². The summed E-state index contributed by atoms with van der Waals surface area (Å²) >= 11 is 9.98. The highest BCUT2D eigenvalue weighted by Crippen LogP contribution is 2.46. The maximum atomic E-state index is 12.6. The minimum Gasteiger partial charge on any atom is -0.504 e. The number of phenols is 4. The molecule has 0 aliphatic carbocycles. The van der Waals surface area contributed by atoms with Crippen molar-refractivity contribution in [2.45, 2.75) is 12.8 Å². The third-order valence-electron chi connectivity index (χ3n) is 12.2. The second-order valence-corrected chi connectivity index (χ2v) is 24.1. The fourth-order valence-electron chi connectivity index (χ4n) is 7.70. The van der Waals surface area contributed by atoms with Gasteiger partial charge in [0.2, 0.25) is 11.5 Å². The average Bonchev–Trinajstić information content (AvgIpc) is 3.35. The van der Waals surface area contributed by atoms with Gasteiger partial charge in [0.1, 0.15) is 11.5 Å². The minimum absolute atomic E-state index is 0.0374. The third kappa shape index (κ3) is 25.4. The molecule has 0 radical (unpaired) electrons. The molecule has 2 unspecified atom stereocenters. The van der Waals surface area contributed by atoms with E-state index >= 15 is 0 Å². The molecular formula is C58H72O26P2S2. The molecule has 6 N–H and O–H groups in total. The van der Waals surface area contributed by atoms with Gasteiger partial charge in [0, 0.05) is 47.2 Å². The van der Waals surface area contributed by atoms with Crippen LogP contribution in [0.2, 0.25) is 0 Å². The molecule has 0 saturated carbocycles. The van der Waals surface area contributed by atoms with E-state index in [-0.39, 0.29) is 135 Å². The van der Waals surface area contributed by atoms with E-state index in [1.165, 1.54) is 36.4 Å². The molecule has 0 fully saturated rings. The van der Waals surface area contributed by atoms with Crippen molar-refractivity contribution in [3.8, 4) is 45.6 Å². The minimum atomic E-state index is -3.61. The van der Waals surface area contributed by atoms with E-state index in [0.717, 1.165) is 0 Å². The lowest BCUT2D eigenvalue weighted by molar-refractivity contribution is -0.0132. The van der Waals surface area contributed by atoms with Crippen molar-refractivity contribution in [1.82, 2.24) is 0 Å². The number of fused-ring (bicyclic) bond motifs is 2. The van der Waals surface area contributed by atoms with Gasteiger partial charge in [0.25, 0.3) is 0 Å². The highest BCUT2D eigenvalue weighted by molar-refractivity contribution is 8.07. The first-order valence-corrected chi connectivity index (χ1v) is 33.0. The fourth-order valence-corrected chi connectivity index (χ4v) is 9.96. The number of rotatable bonds is 47. The summed E-state index contributed by atoms with van der Waals surface area (Å²) in [7, 11) is 0. The number of carbonyl (C=O) groups is 2. The normalized spacial score (nSPS) is 13.1. The van der Waals surface area contributed by atoms with Crippen molar-refractivity contribution in [1.29, 1.82) is 0 Å². The monoisotopic (exact) mass is 1310 g/mol. The summed E-state index contributed by atoms with van der Waals surface area (Å²) in [5.41, 5.74) is 0.899. The van der Waals surface area contributed by atoms with E-state index in [4.69, 9.17) is 97.9 Å². The van der Waals surface area contributed by atoms with Crippen LogP contribution >= 0.6 is 13.4 Å². The number of aromatic hydroxyl groups is 4. The van der Waals surface area contributed by atoms with E-state index in [9.17, 15) is 49.4 Å². The van der Waals surface area contributed by atoms with Gasteiger partial charge in [0.05, 0.1) is 169 Å². The standard InChI is InChI=1S/C58H72O26P2S2/c59-47(41-1-5-43(6-2-41)53-39-51(63)45-9-11-49(61)55(65)57(45)83-53)13-15-69-17-19-71-21-23-73-25-27-75-29-31-77-33-35-79-85(67,87)81-37-38-82-86(68,88)80-36-34-78-32-30-76-28-26-74-24-22-72-20-18-70-16-14-48(60)42-3-7-44(8-4-42)54-40-52(64)46-10-12-50(62)56(66)58(46)84-54/h1-12,39-40,61-62,65-66H,13-38H2,(H,67,87)(H,68,88). The Morgan fingerprint density at radius 3 is 0.898 bits per heavy atom. The van der Waals surface area contributed by atoms with Crippen LogP contribution in [-0.4, -0.2) is 200 Å². The Morgan fingerprint density at radius 2 is 0.614 bits per heavy atom. The van der Waals surface area contributed by atoms with Crippen molar-refractivity contribution in [3.63, 3.8) is 0 Å². The van der Waals surface area contributed by atoms with Gasteiger partial charge in [0.15, 0.2) is 45.1 Å². The SMILES string of the molecule is O=C(CCOCCOCCOCCOCCOCCOP(O)(=S)OCCOP(O)(=S)OCCOCCOCCOCCOCCOCCC(=O)c1ccc(-c2cc(=O)c3ccc(O)c(O)c3o2)cc1)c1ccc(-c2cc(=O)c3ccc(O)c(O)c3o2)cc1. The second kappa shape index (κ2) is 38.9. The molecule has 2 aromatic heterocycles. The van der Waals surface area contributed by atoms with Crippen LogP contribution in [0.1, 0.15) is 33.6 Å². The lowest BCUT2D eigenvalue weighted by Crippen LogP contribution is -2.14. The Balaban J connectivity index is 0.631. The van der Waals surface area contributed by atoms with Crippen LogP contribution in [0.25, 0.3) is 44.6 Å². The van der Waals surface area contributed by atoms with Crippen LogP contribution in [0.5, 0.6) is 23.0 Å². The average molecular weight is 1310 g/mol. The zero-order chi connectivity index (χ0) is 63.0. The van der Waals surface area contributed by atoms with Crippen molar-refractivity contribution in [2.24, 2.45) is 0 Å². The Morgan fingerprint density at radius 1 is 0.364 bits per heavy atom. The summed E-state index contributed by atoms with van der Waals surface area (Å²) in [4.78, 5) is 70.8. The number of benzene rings is 4. The molecule has 2 atom stereocenters. The highest BCUT2D eigenvalue weighted by Gasteiger charge is 2.20. The van der Waals surface area contributed by atoms with Gasteiger partial charge in [-0.25, -0.2) is 0 Å². The zero-order valence-electron chi connectivity index (χ0n) is 48.0. The van der Waals surface area contributed by atoms with Crippen LogP contribution in [0.15, 0.2) is 103 Å². The number of Topliss-reactive ketones (excluding diaryl/α,β-unsaturated/α-hetero) is 2. The van der Waals surface area contributed by atoms with E-state index in [1.54, 1.807) is 48.5 Å². The largest absolute Gasteiger partial charge is 0.504 e. The molecule has 0 saturated heterocycles. The van der Waals surface area contributed by atoms with Gasteiger partial charge in [-0.05, 0) is 47.9 Å². The predicted octanol–water partition coefficient (Wildman–Crippen LogP) is 6.57.